The molecule has 2 rings (SSSR count). The summed E-state index contributed by atoms with van der Waals surface area (Å²) < 4.78 is 4.86. The van der Waals surface area contributed by atoms with Crippen LogP contribution in [-0.4, -0.2) is 43.3 Å². The number of hydrogen-bond donors (Lipinski definition) is 4. The second-order valence-corrected chi connectivity index (χ2v) is 5.66. The molecule has 2 aromatic rings. The Labute approximate surface area is 152 Å². The molecule has 138 valence electrons. The normalized spacial score (nSPS) is 11.6. The Hall–Kier alpha value is -2.90. The molecule has 4 N–H and O–H groups in total. The first-order valence-electron chi connectivity index (χ1n) is 8.25. The first-order chi connectivity index (χ1) is 12.6. The average molecular weight is 357 g/mol. The Kier molecular flexibility index (Phi) is 7.60. The Morgan fingerprint density at radius 2 is 1.62 bits per heavy atom. The van der Waals surface area contributed by atoms with Crippen LogP contribution in [0.2, 0.25) is 0 Å². The van der Waals surface area contributed by atoms with Crippen LogP contribution >= 0.6 is 0 Å². The van der Waals surface area contributed by atoms with Crippen LogP contribution in [0, 0.1) is 0 Å². The maximum Gasteiger partial charge on any atom is 0.321 e. The number of nitrogens with one attached hydrogen (secondary N) is 3. The van der Waals surface area contributed by atoms with E-state index in [2.05, 4.69) is 16.0 Å². The van der Waals surface area contributed by atoms with E-state index in [1.165, 1.54) is 7.11 Å². The highest BCUT2D eigenvalue weighted by Crippen LogP contribution is 2.18. The van der Waals surface area contributed by atoms with E-state index in [4.69, 9.17) is 4.74 Å². The summed E-state index contributed by atoms with van der Waals surface area (Å²) >= 11 is 0. The highest BCUT2D eigenvalue weighted by Gasteiger charge is 2.20. The molecule has 7 heteroatoms. The second kappa shape index (κ2) is 10.2. The highest BCUT2D eigenvalue weighted by molar-refractivity contribution is 5.94. The summed E-state index contributed by atoms with van der Waals surface area (Å²) in [7, 11) is 1.53. The van der Waals surface area contributed by atoms with E-state index in [1.54, 1.807) is 12.1 Å². The van der Waals surface area contributed by atoms with Crippen molar-refractivity contribution >= 4 is 28.9 Å². The third kappa shape index (κ3) is 6.54. The molecule has 0 spiro atoms. The number of para-hydroxylation sites is 1. The monoisotopic (exact) mass is 357 g/mol. The number of rotatable bonds is 10. The number of anilines is 3. The molecular weight excluding hydrogens is 334 g/mol. The molecule has 7 nitrogen and oxygen atoms in total. The van der Waals surface area contributed by atoms with Crippen molar-refractivity contribution in [1.82, 2.24) is 5.32 Å². The third-order valence-electron chi connectivity index (χ3n) is 3.62. The van der Waals surface area contributed by atoms with Crippen molar-refractivity contribution in [3.63, 3.8) is 0 Å². The van der Waals surface area contributed by atoms with E-state index < -0.39 is 12.0 Å². The molecule has 0 aliphatic carbocycles. The predicted octanol–water partition coefficient (Wildman–Crippen LogP) is 2.45. The Balaban J connectivity index is 1.87. The van der Waals surface area contributed by atoms with Gasteiger partial charge >= 0.3 is 5.97 Å². The van der Waals surface area contributed by atoms with Crippen LogP contribution in [0.1, 0.15) is 6.42 Å². The number of benzene rings is 2. The summed E-state index contributed by atoms with van der Waals surface area (Å²) in [6.45, 7) is 0.738. The number of carboxylic acid groups (broad SMARTS) is 1. The smallest absolute Gasteiger partial charge is 0.321 e. The van der Waals surface area contributed by atoms with Gasteiger partial charge in [-0.05, 0) is 36.4 Å². The average Bonchev–Trinajstić information content (AvgIpc) is 2.63. The molecule has 0 radical (unpaired) electrons. The summed E-state index contributed by atoms with van der Waals surface area (Å²) in [6.07, 6.45) is -0.164. The van der Waals surface area contributed by atoms with Gasteiger partial charge in [0, 0.05) is 30.7 Å². The lowest BCUT2D eigenvalue weighted by atomic mass is 10.2. The maximum atomic E-state index is 12.1. The molecular formula is C19H23N3O4. The number of carbonyl (C=O) groups is 2. The fourth-order valence-electron chi connectivity index (χ4n) is 2.30. The van der Waals surface area contributed by atoms with Gasteiger partial charge in [-0.3, -0.25) is 9.59 Å². The van der Waals surface area contributed by atoms with Crippen LogP contribution in [0.25, 0.3) is 0 Å². The third-order valence-corrected chi connectivity index (χ3v) is 3.62. The lowest BCUT2D eigenvalue weighted by Crippen LogP contribution is -2.41. The van der Waals surface area contributed by atoms with E-state index in [9.17, 15) is 14.7 Å². The number of hydrogen-bond acceptors (Lipinski definition) is 5. The SMILES string of the molecule is COCCNC(CC(=O)Nc1ccc(Nc2ccccc2)cc1)C(=O)O. The Bertz CT molecular complexity index is 704. The van der Waals surface area contributed by atoms with Crippen LogP contribution < -0.4 is 16.0 Å². The van der Waals surface area contributed by atoms with Crippen molar-refractivity contribution in [2.45, 2.75) is 12.5 Å². The molecule has 0 saturated carbocycles. The predicted molar refractivity (Wildman–Crippen MR) is 101 cm³/mol. The summed E-state index contributed by atoms with van der Waals surface area (Å²) in [6, 6.07) is 16.0. The number of aliphatic carboxylic acids is 1. The summed E-state index contributed by atoms with van der Waals surface area (Å²) in [4.78, 5) is 23.3. The molecule has 0 aromatic heterocycles. The standard InChI is InChI=1S/C19H23N3O4/c1-26-12-11-20-17(19(24)25)13-18(23)22-16-9-7-15(8-10-16)21-14-5-3-2-4-6-14/h2-10,17,20-21H,11-13H2,1H3,(H,22,23)(H,24,25). The minimum absolute atomic E-state index is 0.164. The number of carboxylic acids is 1. The van der Waals surface area contributed by atoms with E-state index in [0.29, 0.717) is 18.8 Å². The van der Waals surface area contributed by atoms with Gasteiger partial charge in [0.05, 0.1) is 13.0 Å². The fourth-order valence-corrected chi connectivity index (χ4v) is 2.30. The van der Waals surface area contributed by atoms with E-state index in [-0.39, 0.29) is 12.3 Å². The number of carbonyl (C=O) groups excluding carboxylic acids is 1. The minimum atomic E-state index is -1.07. The maximum absolute atomic E-state index is 12.1. The number of ether oxygens (including phenoxy) is 1. The van der Waals surface area contributed by atoms with Crippen molar-refractivity contribution < 1.29 is 19.4 Å². The fraction of sp³-hybridized carbons (Fsp3) is 0.263. The minimum Gasteiger partial charge on any atom is -0.480 e. The van der Waals surface area contributed by atoms with Gasteiger partial charge in [-0.15, -0.1) is 0 Å². The molecule has 2 aromatic carbocycles. The summed E-state index contributed by atoms with van der Waals surface area (Å²) in [5.41, 5.74) is 2.46. The Morgan fingerprint density at radius 3 is 2.23 bits per heavy atom. The van der Waals surface area contributed by atoms with E-state index in [0.717, 1.165) is 11.4 Å². The number of methoxy groups -OCH3 is 1. The molecule has 1 unspecified atom stereocenters. The highest BCUT2D eigenvalue weighted by atomic mass is 16.5. The number of amides is 1. The topological polar surface area (TPSA) is 99.7 Å². The van der Waals surface area contributed by atoms with Crippen LogP contribution in [0.5, 0.6) is 0 Å². The quantitative estimate of drug-likeness (QED) is 0.488. The van der Waals surface area contributed by atoms with Crippen LogP contribution in [0.15, 0.2) is 54.6 Å². The van der Waals surface area contributed by atoms with E-state index in [1.807, 2.05) is 42.5 Å². The molecule has 1 amide bonds. The molecule has 0 saturated heterocycles. The molecule has 1 atom stereocenters. The van der Waals surface area contributed by atoms with Gasteiger partial charge in [-0.2, -0.15) is 0 Å². The first kappa shape index (κ1) is 19.4. The van der Waals surface area contributed by atoms with Crippen molar-refractivity contribution in [2.24, 2.45) is 0 Å². The molecule has 0 aliphatic rings. The lowest BCUT2D eigenvalue weighted by molar-refractivity contribution is -0.141. The van der Waals surface area contributed by atoms with Gasteiger partial charge in [-0.25, -0.2) is 0 Å². The van der Waals surface area contributed by atoms with Crippen molar-refractivity contribution in [3.8, 4) is 0 Å². The molecule has 26 heavy (non-hydrogen) atoms. The van der Waals surface area contributed by atoms with Crippen LogP contribution in [-0.2, 0) is 14.3 Å². The zero-order valence-electron chi connectivity index (χ0n) is 14.6. The summed E-state index contributed by atoms with van der Waals surface area (Å²) in [5.74, 6) is -1.44. The van der Waals surface area contributed by atoms with Crippen LogP contribution in [0.4, 0.5) is 17.1 Å². The molecule has 0 aliphatic heterocycles. The van der Waals surface area contributed by atoms with Crippen molar-refractivity contribution in [1.29, 1.82) is 0 Å². The van der Waals surface area contributed by atoms with Gasteiger partial charge in [0.25, 0.3) is 0 Å². The van der Waals surface area contributed by atoms with Crippen molar-refractivity contribution in [3.05, 3.63) is 54.6 Å². The summed E-state index contributed by atoms with van der Waals surface area (Å²) in [5, 5.41) is 17.9. The van der Waals surface area contributed by atoms with Gasteiger partial charge in [0.2, 0.25) is 5.91 Å². The van der Waals surface area contributed by atoms with Gasteiger partial charge in [0.1, 0.15) is 6.04 Å². The van der Waals surface area contributed by atoms with Crippen LogP contribution in [0.3, 0.4) is 0 Å². The first-order valence-corrected chi connectivity index (χ1v) is 8.25. The lowest BCUT2D eigenvalue weighted by Gasteiger charge is -2.14. The zero-order valence-corrected chi connectivity index (χ0v) is 14.6. The van der Waals surface area contributed by atoms with E-state index >= 15 is 0 Å². The zero-order chi connectivity index (χ0) is 18.8. The van der Waals surface area contributed by atoms with Gasteiger partial charge in [-0.1, -0.05) is 18.2 Å². The molecule has 0 fully saturated rings. The van der Waals surface area contributed by atoms with Crippen molar-refractivity contribution in [2.75, 3.05) is 30.9 Å². The second-order valence-electron chi connectivity index (χ2n) is 5.66. The molecule has 0 heterocycles. The molecule has 0 bridgehead atoms. The van der Waals surface area contributed by atoms with Gasteiger partial charge < -0.3 is 25.8 Å². The Morgan fingerprint density at radius 1 is 1.00 bits per heavy atom. The largest absolute Gasteiger partial charge is 0.480 e. The van der Waals surface area contributed by atoms with Gasteiger partial charge in [0.15, 0.2) is 0 Å².